The fourth-order valence-electron chi connectivity index (χ4n) is 3.92. The van der Waals surface area contributed by atoms with Crippen molar-refractivity contribution in [1.82, 2.24) is 23.9 Å². The van der Waals surface area contributed by atoms with Crippen molar-refractivity contribution in [2.24, 2.45) is 5.92 Å². The molecule has 5 rings (SSSR count). The molecule has 4 aromatic heterocycles. The number of ether oxygens (including phenoxy) is 2. The first-order valence-corrected chi connectivity index (χ1v) is 12.3. The first-order valence-electron chi connectivity index (χ1n) is 11.5. The van der Waals surface area contributed by atoms with E-state index in [0.29, 0.717) is 41.3 Å². The standard InChI is InChI=1S/C24H24N8O5S/c1-30(2)23-28-24(38-29-23)32-12-16(22(35)37-4)20(33)19-17(32)7-14(8-26-19)31-10-13(11-31)21(34)27-18-6-5-15(36-3)9-25-18/h5-9,12-13H,10-11H2,1-4H3,(H,25,27,34). The summed E-state index contributed by atoms with van der Waals surface area (Å²) in [6, 6.07) is 5.19. The third kappa shape index (κ3) is 4.61. The van der Waals surface area contributed by atoms with E-state index in [9.17, 15) is 14.4 Å². The molecule has 0 spiro atoms. The van der Waals surface area contributed by atoms with Gasteiger partial charge < -0.3 is 24.6 Å². The first-order chi connectivity index (χ1) is 18.3. The van der Waals surface area contributed by atoms with E-state index in [1.54, 1.807) is 41.0 Å². The highest BCUT2D eigenvalue weighted by Gasteiger charge is 2.33. The molecule has 196 valence electrons. The second kappa shape index (κ2) is 10.0. The summed E-state index contributed by atoms with van der Waals surface area (Å²) >= 11 is 1.12. The third-order valence-electron chi connectivity index (χ3n) is 6.09. The minimum atomic E-state index is -0.767. The molecule has 4 aromatic rings. The molecule has 1 amide bonds. The Balaban J connectivity index is 1.42. The second-order valence-corrected chi connectivity index (χ2v) is 9.47. The number of rotatable bonds is 7. The number of anilines is 3. The molecule has 38 heavy (non-hydrogen) atoms. The second-order valence-electron chi connectivity index (χ2n) is 8.74. The Morgan fingerprint density at radius 3 is 2.58 bits per heavy atom. The van der Waals surface area contributed by atoms with Gasteiger partial charge in [-0.3, -0.25) is 14.2 Å². The molecular formula is C24H24N8O5S. The van der Waals surface area contributed by atoms with Gasteiger partial charge in [0.15, 0.2) is 0 Å². The topological polar surface area (TPSA) is 145 Å². The minimum absolute atomic E-state index is 0.0960. The van der Waals surface area contributed by atoms with Gasteiger partial charge >= 0.3 is 5.97 Å². The van der Waals surface area contributed by atoms with E-state index in [2.05, 4.69) is 24.6 Å². The lowest BCUT2D eigenvalue weighted by Crippen LogP contribution is -2.52. The molecule has 0 bridgehead atoms. The van der Waals surface area contributed by atoms with E-state index in [0.717, 1.165) is 17.2 Å². The lowest BCUT2D eigenvalue weighted by molar-refractivity contribution is -0.120. The summed E-state index contributed by atoms with van der Waals surface area (Å²) in [6.45, 7) is 0.923. The fraction of sp³-hybridized carbons (Fsp3) is 0.292. The molecule has 1 aliphatic heterocycles. The summed E-state index contributed by atoms with van der Waals surface area (Å²) in [5.41, 5.74) is 0.575. The summed E-state index contributed by atoms with van der Waals surface area (Å²) in [6.07, 6.45) is 4.49. The average Bonchev–Trinajstić information content (AvgIpc) is 3.39. The van der Waals surface area contributed by atoms with Crippen LogP contribution in [-0.4, -0.2) is 77.2 Å². The molecule has 5 heterocycles. The number of pyridine rings is 3. The first kappa shape index (κ1) is 25.1. The molecule has 0 aromatic carbocycles. The molecular weight excluding hydrogens is 512 g/mol. The van der Waals surface area contributed by atoms with Crippen LogP contribution in [0.2, 0.25) is 0 Å². The van der Waals surface area contributed by atoms with Gasteiger partial charge in [-0.15, -0.1) is 0 Å². The molecule has 13 nitrogen and oxygen atoms in total. The SMILES string of the molecule is COC(=O)c1cn(-c2nc(N(C)C)ns2)c2cc(N3CC(C(=O)Nc4ccc(OC)cn4)C3)cnc2c1=O. The Kier molecular flexibility index (Phi) is 6.63. The Bertz CT molecular complexity index is 1580. The van der Waals surface area contributed by atoms with Crippen LogP contribution in [0.25, 0.3) is 16.2 Å². The zero-order chi connectivity index (χ0) is 27.0. The number of fused-ring (bicyclic) bond motifs is 1. The van der Waals surface area contributed by atoms with E-state index < -0.39 is 11.4 Å². The molecule has 1 aliphatic rings. The summed E-state index contributed by atoms with van der Waals surface area (Å²) < 4.78 is 15.8. The van der Waals surface area contributed by atoms with E-state index >= 15 is 0 Å². The number of aromatic nitrogens is 5. The molecule has 0 atom stereocenters. The zero-order valence-electron chi connectivity index (χ0n) is 21.0. The molecule has 0 unspecified atom stereocenters. The molecule has 14 heteroatoms. The average molecular weight is 537 g/mol. The number of nitrogens with one attached hydrogen (secondary N) is 1. The quantitative estimate of drug-likeness (QED) is 0.344. The van der Waals surface area contributed by atoms with Crippen LogP contribution in [0.1, 0.15) is 10.4 Å². The maximum atomic E-state index is 13.0. The van der Waals surface area contributed by atoms with Gasteiger partial charge in [0, 0.05) is 44.9 Å². The Hall–Kier alpha value is -4.59. The van der Waals surface area contributed by atoms with Crippen molar-refractivity contribution in [2.75, 3.05) is 56.5 Å². The number of hydrogen-bond donors (Lipinski definition) is 1. The van der Waals surface area contributed by atoms with E-state index in [1.165, 1.54) is 19.5 Å². The zero-order valence-corrected chi connectivity index (χ0v) is 21.9. The molecule has 0 aliphatic carbocycles. The summed E-state index contributed by atoms with van der Waals surface area (Å²) in [4.78, 5) is 54.8. The predicted octanol–water partition coefficient (Wildman–Crippen LogP) is 1.57. The van der Waals surface area contributed by atoms with E-state index in [1.807, 2.05) is 19.0 Å². The van der Waals surface area contributed by atoms with Crippen LogP contribution in [0.3, 0.4) is 0 Å². The predicted molar refractivity (Wildman–Crippen MR) is 142 cm³/mol. The van der Waals surface area contributed by atoms with Crippen molar-refractivity contribution in [3.05, 3.63) is 52.6 Å². The number of carbonyl (C=O) groups excluding carboxylic acids is 2. The highest BCUT2D eigenvalue weighted by Crippen LogP contribution is 2.29. The molecule has 1 saturated heterocycles. The van der Waals surface area contributed by atoms with Crippen LogP contribution in [0, 0.1) is 5.92 Å². The van der Waals surface area contributed by atoms with Crippen LogP contribution in [-0.2, 0) is 9.53 Å². The third-order valence-corrected chi connectivity index (χ3v) is 6.79. The minimum Gasteiger partial charge on any atom is -0.495 e. The van der Waals surface area contributed by atoms with E-state index in [-0.39, 0.29) is 22.9 Å². The number of methoxy groups -OCH3 is 2. The van der Waals surface area contributed by atoms with Gasteiger partial charge in [0.05, 0.1) is 43.7 Å². The number of nitrogens with zero attached hydrogens (tertiary/aromatic N) is 7. The van der Waals surface area contributed by atoms with Gasteiger partial charge in [0.2, 0.25) is 22.4 Å². The van der Waals surface area contributed by atoms with Crippen molar-refractivity contribution in [3.8, 4) is 10.9 Å². The maximum Gasteiger partial charge on any atom is 0.343 e. The Morgan fingerprint density at radius 1 is 1.16 bits per heavy atom. The van der Waals surface area contributed by atoms with Gasteiger partial charge in [-0.2, -0.15) is 9.36 Å². The van der Waals surface area contributed by atoms with Gasteiger partial charge in [-0.05, 0) is 18.2 Å². The van der Waals surface area contributed by atoms with Crippen molar-refractivity contribution in [3.63, 3.8) is 0 Å². The Morgan fingerprint density at radius 2 is 1.95 bits per heavy atom. The van der Waals surface area contributed by atoms with Crippen LogP contribution < -0.4 is 25.3 Å². The van der Waals surface area contributed by atoms with Crippen molar-refractivity contribution < 1.29 is 19.1 Å². The van der Waals surface area contributed by atoms with E-state index in [4.69, 9.17) is 9.47 Å². The maximum absolute atomic E-state index is 13.0. The lowest BCUT2D eigenvalue weighted by atomic mass is 9.98. The van der Waals surface area contributed by atoms with Crippen molar-refractivity contribution in [2.45, 2.75) is 0 Å². The smallest absolute Gasteiger partial charge is 0.343 e. The molecule has 0 radical (unpaired) electrons. The number of hydrogen-bond acceptors (Lipinski definition) is 12. The highest BCUT2D eigenvalue weighted by atomic mass is 32.1. The highest BCUT2D eigenvalue weighted by molar-refractivity contribution is 7.08. The number of amides is 1. The van der Waals surface area contributed by atoms with Gasteiger partial charge in [-0.25, -0.2) is 14.8 Å². The molecule has 0 saturated carbocycles. The Labute approximate surface area is 220 Å². The summed E-state index contributed by atoms with van der Waals surface area (Å²) in [7, 11) is 6.39. The van der Waals surface area contributed by atoms with Crippen LogP contribution in [0.4, 0.5) is 17.5 Å². The van der Waals surface area contributed by atoms with Gasteiger partial charge in [-0.1, -0.05) is 0 Å². The lowest BCUT2D eigenvalue weighted by Gasteiger charge is -2.39. The van der Waals surface area contributed by atoms with Crippen LogP contribution in [0.15, 0.2) is 41.6 Å². The molecule has 1 fully saturated rings. The van der Waals surface area contributed by atoms with Gasteiger partial charge in [0.25, 0.3) is 0 Å². The fourth-order valence-corrected chi connectivity index (χ4v) is 4.65. The summed E-state index contributed by atoms with van der Waals surface area (Å²) in [5, 5.41) is 3.27. The normalized spacial score (nSPS) is 13.2. The van der Waals surface area contributed by atoms with Crippen LogP contribution >= 0.6 is 11.5 Å². The van der Waals surface area contributed by atoms with Crippen molar-refractivity contribution in [1.29, 1.82) is 0 Å². The van der Waals surface area contributed by atoms with Gasteiger partial charge in [0.1, 0.15) is 22.6 Å². The monoisotopic (exact) mass is 536 g/mol. The number of carbonyl (C=O) groups is 2. The summed E-state index contributed by atoms with van der Waals surface area (Å²) in [5.74, 6) is 0.383. The van der Waals surface area contributed by atoms with Crippen molar-refractivity contribution >= 4 is 51.9 Å². The van der Waals surface area contributed by atoms with Crippen LogP contribution in [0.5, 0.6) is 5.75 Å². The number of esters is 1. The largest absolute Gasteiger partial charge is 0.495 e. The molecule has 1 N–H and O–H groups in total.